The van der Waals surface area contributed by atoms with Crippen LogP contribution in [-0.4, -0.2) is 11.9 Å². The first-order chi connectivity index (χ1) is 5.20. The summed E-state index contributed by atoms with van der Waals surface area (Å²) in [6.45, 7) is 5.97. The molecule has 0 saturated carbocycles. The molecule has 11 heavy (non-hydrogen) atoms. The van der Waals surface area contributed by atoms with Gasteiger partial charge in [-0.3, -0.25) is 4.79 Å². The van der Waals surface area contributed by atoms with Gasteiger partial charge in [0.05, 0.1) is 0 Å². The highest BCUT2D eigenvalue weighted by Crippen LogP contribution is 1.94. The van der Waals surface area contributed by atoms with Gasteiger partial charge in [0.25, 0.3) is 0 Å². The molecule has 0 rings (SSSR count). The van der Waals surface area contributed by atoms with E-state index in [1.54, 1.807) is 12.2 Å². The van der Waals surface area contributed by atoms with E-state index in [-0.39, 0.29) is 5.91 Å². The molecule has 1 unspecified atom stereocenters. The van der Waals surface area contributed by atoms with Crippen LogP contribution in [0, 0.1) is 0 Å². The van der Waals surface area contributed by atoms with E-state index in [9.17, 15) is 4.79 Å². The van der Waals surface area contributed by atoms with Crippen LogP contribution in [0.5, 0.6) is 0 Å². The first-order valence-corrected chi connectivity index (χ1v) is 4.13. The molecule has 2 heteroatoms. The van der Waals surface area contributed by atoms with Gasteiger partial charge in [0.1, 0.15) is 0 Å². The van der Waals surface area contributed by atoms with E-state index in [2.05, 4.69) is 12.2 Å². The molecule has 64 valence electrons. The summed E-state index contributed by atoms with van der Waals surface area (Å²) in [5.41, 5.74) is 0. The van der Waals surface area contributed by atoms with Crippen LogP contribution in [0.1, 0.15) is 33.6 Å². The van der Waals surface area contributed by atoms with Gasteiger partial charge in [-0.15, -0.1) is 0 Å². The first-order valence-electron chi connectivity index (χ1n) is 4.13. The largest absolute Gasteiger partial charge is 0.350 e. The molecule has 2 nitrogen and oxygen atoms in total. The Bertz CT molecular complexity index is 140. The Hall–Kier alpha value is -0.790. The van der Waals surface area contributed by atoms with Crippen LogP contribution in [-0.2, 0) is 4.79 Å². The normalized spacial score (nSPS) is 13.4. The van der Waals surface area contributed by atoms with Crippen molar-refractivity contribution in [2.24, 2.45) is 0 Å². The van der Waals surface area contributed by atoms with Crippen LogP contribution >= 0.6 is 0 Å². The van der Waals surface area contributed by atoms with Crippen molar-refractivity contribution in [1.82, 2.24) is 5.32 Å². The van der Waals surface area contributed by atoms with Gasteiger partial charge < -0.3 is 5.32 Å². The predicted molar refractivity (Wildman–Crippen MR) is 47.3 cm³/mol. The van der Waals surface area contributed by atoms with Crippen LogP contribution < -0.4 is 5.32 Å². The molecular weight excluding hydrogens is 138 g/mol. The third-order valence-corrected chi connectivity index (χ3v) is 1.43. The third-order valence-electron chi connectivity index (χ3n) is 1.43. The lowest BCUT2D eigenvalue weighted by molar-refractivity contribution is -0.117. The fourth-order valence-corrected chi connectivity index (χ4v) is 0.948. The minimum atomic E-state index is 0.00782. The molecular formula is C9H17NO. The lowest BCUT2D eigenvalue weighted by Gasteiger charge is -2.09. The molecule has 1 N–H and O–H groups in total. The maximum absolute atomic E-state index is 10.9. The van der Waals surface area contributed by atoms with Crippen molar-refractivity contribution in [3.8, 4) is 0 Å². The molecule has 0 aromatic heterocycles. The molecule has 0 aromatic rings. The van der Waals surface area contributed by atoms with Gasteiger partial charge >= 0.3 is 0 Å². The monoisotopic (exact) mass is 155 g/mol. The Kier molecular flexibility index (Phi) is 5.53. The van der Waals surface area contributed by atoms with E-state index in [1.807, 2.05) is 13.8 Å². The molecule has 0 aliphatic rings. The lowest BCUT2D eigenvalue weighted by Crippen LogP contribution is -2.30. The van der Waals surface area contributed by atoms with Crippen molar-refractivity contribution < 1.29 is 4.79 Å². The van der Waals surface area contributed by atoms with Gasteiger partial charge in [0.15, 0.2) is 0 Å². The van der Waals surface area contributed by atoms with Gasteiger partial charge in [0.2, 0.25) is 5.91 Å². The Labute approximate surface area is 68.7 Å². The Morgan fingerprint density at radius 3 is 2.73 bits per heavy atom. The smallest absolute Gasteiger partial charge is 0.243 e. The van der Waals surface area contributed by atoms with Gasteiger partial charge in [-0.1, -0.05) is 19.4 Å². The van der Waals surface area contributed by atoms with Crippen molar-refractivity contribution in [1.29, 1.82) is 0 Å². The zero-order valence-corrected chi connectivity index (χ0v) is 7.55. The second kappa shape index (κ2) is 5.96. The van der Waals surface area contributed by atoms with Crippen molar-refractivity contribution in [3.05, 3.63) is 12.2 Å². The van der Waals surface area contributed by atoms with E-state index < -0.39 is 0 Å². The molecule has 0 aromatic carbocycles. The number of carbonyl (C=O) groups is 1. The summed E-state index contributed by atoms with van der Waals surface area (Å²) in [6, 6.07) is 0.295. The topological polar surface area (TPSA) is 29.1 Å². The average molecular weight is 155 g/mol. The fourth-order valence-electron chi connectivity index (χ4n) is 0.948. The van der Waals surface area contributed by atoms with Crippen LogP contribution in [0.15, 0.2) is 12.2 Å². The number of rotatable bonds is 4. The molecule has 0 radical (unpaired) electrons. The first kappa shape index (κ1) is 10.2. The summed E-state index contributed by atoms with van der Waals surface area (Å²) in [5, 5.41) is 2.86. The number of allylic oxidation sites excluding steroid dienone is 1. The second-order valence-corrected chi connectivity index (χ2v) is 2.70. The summed E-state index contributed by atoms with van der Waals surface area (Å²) in [7, 11) is 0. The van der Waals surface area contributed by atoms with Crippen molar-refractivity contribution in [2.75, 3.05) is 0 Å². The summed E-state index contributed by atoms with van der Waals surface area (Å²) in [4.78, 5) is 10.9. The summed E-state index contributed by atoms with van der Waals surface area (Å²) < 4.78 is 0. The fraction of sp³-hybridized carbons (Fsp3) is 0.667. The number of nitrogens with one attached hydrogen (secondary N) is 1. The molecule has 0 aliphatic heterocycles. The molecule has 0 bridgehead atoms. The van der Waals surface area contributed by atoms with Crippen LogP contribution in [0.4, 0.5) is 0 Å². The number of hydrogen-bond acceptors (Lipinski definition) is 1. The van der Waals surface area contributed by atoms with Gasteiger partial charge in [-0.05, 0) is 26.3 Å². The minimum absolute atomic E-state index is 0.00782. The van der Waals surface area contributed by atoms with Gasteiger partial charge in [-0.2, -0.15) is 0 Å². The number of hydrogen-bond donors (Lipinski definition) is 1. The van der Waals surface area contributed by atoms with Crippen molar-refractivity contribution in [2.45, 2.75) is 39.7 Å². The van der Waals surface area contributed by atoms with E-state index >= 15 is 0 Å². The summed E-state index contributed by atoms with van der Waals surface area (Å²) in [5.74, 6) is 0.00782. The highest BCUT2D eigenvalue weighted by Gasteiger charge is 2.01. The SMILES string of the molecule is CC=CC(=O)NC(C)CCC. The zero-order valence-electron chi connectivity index (χ0n) is 7.55. The standard InChI is InChI=1S/C9H17NO/c1-4-6-8(3)10-9(11)7-5-2/h5,7-8H,4,6H2,1-3H3,(H,10,11). The summed E-state index contributed by atoms with van der Waals surface area (Å²) >= 11 is 0. The highest BCUT2D eigenvalue weighted by molar-refractivity contribution is 5.87. The summed E-state index contributed by atoms with van der Waals surface area (Å²) in [6.07, 6.45) is 5.45. The zero-order chi connectivity index (χ0) is 8.69. The van der Waals surface area contributed by atoms with E-state index in [0.717, 1.165) is 12.8 Å². The molecule has 0 heterocycles. The average Bonchev–Trinajstić information content (AvgIpc) is 1.87. The van der Waals surface area contributed by atoms with Crippen molar-refractivity contribution in [3.63, 3.8) is 0 Å². The third kappa shape index (κ3) is 5.64. The Morgan fingerprint density at radius 1 is 1.64 bits per heavy atom. The molecule has 0 spiro atoms. The van der Waals surface area contributed by atoms with Crippen molar-refractivity contribution >= 4 is 5.91 Å². The van der Waals surface area contributed by atoms with E-state index in [0.29, 0.717) is 6.04 Å². The molecule has 0 aliphatic carbocycles. The van der Waals surface area contributed by atoms with E-state index in [1.165, 1.54) is 0 Å². The maximum Gasteiger partial charge on any atom is 0.243 e. The molecule has 1 amide bonds. The predicted octanol–water partition coefficient (Wildman–Crippen LogP) is 1.87. The molecule has 0 saturated heterocycles. The quantitative estimate of drug-likeness (QED) is 0.617. The van der Waals surface area contributed by atoms with Gasteiger partial charge in [-0.25, -0.2) is 0 Å². The Morgan fingerprint density at radius 2 is 2.27 bits per heavy atom. The number of carbonyl (C=O) groups excluding carboxylic acids is 1. The molecule has 0 fully saturated rings. The van der Waals surface area contributed by atoms with E-state index in [4.69, 9.17) is 0 Å². The maximum atomic E-state index is 10.9. The van der Waals surface area contributed by atoms with Gasteiger partial charge in [0, 0.05) is 6.04 Å². The Balaban J connectivity index is 3.57. The number of amides is 1. The van der Waals surface area contributed by atoms with Crippen LogP contribution in [0.2, 0.25) is 0 Å². The highest BCUT2D eigenvalue weighted by atomic mass is 16.1. The molecule has 1 atom stereocenters. The second-order valence-electron chi connectivity index (χ2n) is 2.70. The minimum Gasteiger partial charge on any atom is -0.350 e. The van der Waals surface area contributed by atoms with Crippen LogP contribution in [0.25, 0.3) is 0 Å². The van der Waals surface area contributed by atoms with Crippen LogP contribution in [0.3, 0.4) is 0 Å². The lowest BCUT2D eigenvalue weighted by atomic mass is 10.2.